The second kappa shape index (κ2) is 4.72. The minimum absolute atomic E-state index is 0.0258. The van der Waals surface area contributed by atoms with Gasteiger partial charge in [-0.1, -0.05) is 12.8 Å². The number of hydrogen-bond acceptors (Lipinski definition) is 3. The predicted molar refractivity (Wildman–Crippen MR) is 60.0 cm³/mol. The Labute approximate surface area is 96.6 Å². The van der Waals surface area contributed by atoms with Crippen molar-refractivity contribution in [3.8, 4) is 0 Å². The predicted octanol–water partition coefficient (Wildman–Crippen LogP) is 0.929. The molecular formula is C12H21NO3. The lowest BCUT2D eigenvalue weighted by Crippen LogP contribution is -2.45. The summed E-state index contributed by atoms with van der Waals surface area (Å²) in [6.45, 7) is 1.14. The zero-order valence-electron chi connectivity index (χ0n) is 9.95. The molecule has 1 aliphatic heterocycles. The molecular weight excluding hydrogens is 206 g/mol. The van der Waals surface area contributed by atoms with Gasteiger partial charge in [0.1, 0.15) is 6.10 Å². The second-order valence-corrected chi connectivity index (χ2v) is 5.13. The van der Waals surface area contributed by atoms with Crippen LogP contribution in [0.4, 0.5) is 0 Å². The maximum absolute atomic E-state index is 12.0. The third-order valence-corrected chi connectivity index (χ3v) is 3.65. The van der Waals surface area contributed by atoms with Gasteiger partial charge in [0, 0.05) is 20.2 Å². The van der Waals surface area contributed by atoms with Gasteiger partial charge in [-0.15, -0.1) is 0 Å². The zero-order chi connectivity index (χ0) is 11.6. The van der Waals surface area contributed by atoms with Crippen LogP contribution in [0.25, 0.3) is 0 Å². The summed E-state index contributed by atoms with van der Waals surface area (Å²) in [5, 5.41) is 10.2. The van der Waals surface area contributed by atoms with Crippen molar-refractivity contribution in [1.29, 1.82) is 0 Å². The van der Waals surface area contributed by atoms with Gasteiger partial charge in [-0.3, -0.25) is 4.79 Å². The van der Waals surface area contributed by atoms with Crippen molar-refractivity contribution in [2.24, 2.45) is 0 Å². The van der Waals surface area contributed by atoms with Crippen LogP contribution >= 0.6 is 0 Å². The highest BCUT2D eigenvalue weighted by Gasteiger charge is 2.35. The van der Waals surface area contributed by atoms with Crippen molar-refractivity contribution in [3.05, 3.63) is 0 Å². The molecule has 1 amide bonds. The van der Waals surface area contributed by atoms with Gasteiger partial charge in [-0.05, 0) is 25.7 Å². The van der Waals surface area contributed by atoms with Crippen molar-refractivity contribution in [1.82, 2.24) is 4.90 Å². The first kappa shape index (κ1) is 11.9. The van der Waals surface area contributed by atoms with Crippen LogP contribution in [0.5, 0.6) is 0 Å². The molecule has 1 unspecified atom stereocenters. The number of likely N-dealkylation sites (N-methyl/N-ethyl adjacent to an activating group) is 1. The normalized spacial score (nSPS) is 28.2. The molecule has 1 N–H and O–H groups in total. The SMILES string of the molecule is CN(CC1(O)CCCC1)C(=O)C1CCCO1. The van der Waals surface area contributed by atoms with Gasteiger partial charge in [0.2, 0.25) is 0 Å². The monoisotopic (exact) mass is 227 g/mol. The Kier molecular flexibility index (Phi) is 3.50. The molecule has 0 aromatic carbocycles. The van der Waals surface area contributed by atoms with Crippen molar-refractivity contribution < 1.29 is 14.6 Å². The Morgan fingerprint density at radius 1 is 1.44 bits per heavy atom. The van der Waals surface area contributed by atoms with Crippen LogP contribution in [0.1, 0.15) is 38.5 Å². The third kappa shape index (κ3) is 2.55. The summed E-state index contributed by atoms with van der Waals surface area (Å²) in [5.74, 6) is 0.0258. The van der Waals surface area contributed by atoms with Crippen LogP contribution in [0.3, 0.4) is 0 Å². The maximum atomic E-state index is 12.0. The average molecular weight is 227 g/mol. The summed E-state index contributed by atoms with van der Waals surface area (Å²) in [6, 6.07) is 0. The summed E-state index contributed by atoms with van der Waals surface area (Å²) >= 11 is 0. The van der Waals surface area contributed by atoms with Crippen LogP contribution in [0.15, 0.2) is 0 Å². The van der Waals surface area contributed by atoms with Gasteiger partial charge >= 0.3 is 0 Å². The van der Waals surface area contributed by atoms with Gasteiger partial charge in [-0.25, -0.2) is 0 Å². The summed E-state index contributed by atoms with van der Waals surface area (Å²) in [5.41, 5.74) is -0.650. The van der Waals surface area contributed by atoms with Crippen molar-refractivity contribution in [2.75, 3.05) is 20.2 Å². The minimum atomic E-state index is -0.650. The second-order valence-electron chi connectivity index (χ2n) is 5.13. The number of hydrogen-bond donors (Lipinski definition) is 1. The topological polar surface area (TPSA) is 49.8 Å². The minimum Gasteiger partial charge on any atom is -0.388 e. The fourth-order valence-electron chi connectivity index (χ4n) is 2.73. The number of amides is 1. The molecule has 92 valence electrons. The molecule has 2 aliphatic rings. The summed E-state index contributed by atoms with van der Waals surface area (Å²) in [4.78, 5) is 13.6. The Hall–Kier alpha value is -0.610. The van der Waals surface area contributed by atoms with E-state index in [0.29, 0.717) is 13.2 Å². The average Bonchev–Trinajstić information content (AvgIpc) is 2.87. The van der Waals surface area contributed by atoms with E-state index in [-0.39, 0.29) is 12.0 Å². The Bertz CT molecular complexity index is 255. The van der Waals surface area contributed by atoms with E-state index in [9.17, 15) is 9.90 Å². The van der Waals surface area contributed by atoms with Crippen LogP contribution in [0.2, 0.25) is 0 Å². The van der Waals surface area contributed by atoms with Gasteiger partial charge in [0.15, 0.2) is 0 Å². The fraction of sp³-hybridized carbons (Fsp3) is 0.917. The van der Waals surface area contributed by atoms with E-state index in [1.165, 1.54) is 0 Å². The highest BCUT2D eigenvalue weighted by Crippen LogP contribution is 2.30. The number of carbonyl (C=O) groups is 1. The van der Waals surface area contributed by atoms with Crippen LogP contribution in [0, 0.1) is 0 Å². The molecule has 2 rings (SSSR count). The summed E-state index contributed by atoms with van der Waals surface area (Å²) < 4.78 is 5.36. The van der Waals surface area contributed by atoms with E-state index in [2.05, 4.69) is 0 Å². The standard InChI is InChI=1S/C12H21NO3/c1-13(9-12(15)6-2-3-7-12)11(14)10-5-4-8-16-10/h10,15H,2-9H2,1H3. The number of ether oxygens (including phenoxy) is 1. The molecule has 1 atom stereocenters. The quantitative estimate of drug-likeness (QED) is 0.780. The molecule has 1 saturated carbocycles. The Balaban J connectivity index is 1.86. The largest absolute Gasteiger partial charge is 0.388 e. The Morgan fingerprint density at radius 3 is 2.69 bits per heavy atom. The van der Waals surface area contributed by atoms with Crippen LogP contribution in [-0.2, 0) is 9.53 Å². The first-order valence-electron chi connectivity index (χ1n) is 6.20. The number of aliphatic hydroxyl groups is 1. The summed E-state index contributed by atoms with van der Waals surface area (Å²) in [6.07, 6.45) is 5.29. The highest BCUT2D eigenvalue weighted by atomic mass is 16.5. The van der Waals surface area contributed by atoms with E-state index in [4.69, 9.17) is 4.74 Å². The van der Waals surface area contributed by atoms with E-state index >= 15 is 0 Å². The molecule has 1 saturated heterocycles. The zero-order valence-corrected chi connectivity index (χ0v) is 9.95. The molecule has 16 heavy (non-hydrogen) atoms. The molecule has 1 aliphatic carbocycles. The van der Waals surface area contributed by atoms with Gasteiger partial charge in [0.05, 0.1) is 5.60 Å². The smallest absolute Gasteiger partial charge is 0.251 e. The molecule has 0 radical (unpaired) electrons. The first-order chi connectivity index (χ1) is 7.61. The van der Waals surface area contributed by atoms with E-state index in [1.54, 1.807) is 11.9 Å². The van der Waals surface area contributed by atoms with E-state index in [1.807, 2.05) is 0 Å². The van der Waals surface area contributed by atoms with Crippen LogP contribution < -0.4 is 0 Å². The number of rotatable bonds is 3. The lowest BCUT2D eigenvalue weighted by molar-refractivity contribution is -0.142. The third-order valence-electron chi connectivity index (χ3n) is 3.65. The van der Waals surface area contributed by atoms with Gasteiger partial charge in [0.25, 0.3) is 5.91 Å². The maximum Gasteiger partial charge on any atom is 0.251 e. The molecule has 4 nitrogen and oxygen atoms in total. The molecule has 0 spiro atoms. The fourth-order valence-corrected chi connectivity index (χ4v) is 2.73. The van der Waals surface area contributed by atoms with E-state index in [0.717, 1.165) is 38.5 Å². The van der Waals surface area contributed by atoms with E-state index < -0.39 is 5.60 Å². The van der Waals surface area contributed by atoms with Crippen molar-refractivity contribution in [3.63, 3.8) is 0 Å². The van der Waals surface area contributed by atoms with Gasteiger partial charge < -0.3 is 14.7 Å². The Morgan fingerprint density at radius 2 is 2.12 bits per heavy atom. The molecule has 4 heteroatoms. The summed E-state index contributed by atoms with van der Waals surface area (Å²) in [7, 11) is 1.76. The molecule has 1 heterocycles. The molecule has 0 aromatic rings. The first-order valence-corrected chi connectivity index (χ1v) is 6.20. The molecule has 0 aromatic heterocycles. The van der Waals surface area contributed by atoms with Crippen LogP contribution in [-0.4, -0.2) is 47.8 Å². The van der Waals surface area contributed by atoms with Crippen molar-refractivity contribution in [2.45, 2.75) is 50.2 Å². The van der Waals surface area contributed by atoms with Crippen molar-refractivity contribution >= 4 is 5.91 Å². The lowest BCUT2D eigenvalue weighted by Gasteiger charge is -2.29. The molecule has 2 fully saturated rings. The highest BCUT2D eigenvalue weighted by molar-refractivity contribution is 5.81. The molecule has 0 bridgehead atoms. The lowest BCUT2D eigenvalue weighted by atomic mass is 10.0. The number of carbonyl (C=O) groups excluding carboxylic acids is 1. The number of nitrogens with zero attached hydrogens (tertiary/aromatic N) is 1. The van der Waals surface area contributed by atoms with Gasteiger partial charge in [-0.2, -0.15) is 0 Å².